The normalized spacial score (nSPS) is 23.3. The summed E-state index contributed by atoms with van der Waals surface area (Å²) in [7, 11) is 0. The maximum atomic E-state index is 13.1. The van der Waals surface area contributed by atoms with Gasteiger partial charge in [-0.05, 0) is 60.9 Å². The quantitative estimate of drug-likeness (QED) is 0.379. The minimum Gasteiger partial charge on any atom is -0.368 e. The average molecular weight is 717 g/mol. The molecule has 6 unspecified atom stereocenters. The van der Waals surface area contributed by atoms with Crippen molar-refractivity contribution in [2.75, 3.05) is 26.3 Å². The molecule has 2 aromatic carbocycles. The number of ketones is 2. The van der Waals surface area contributed by atoms with Crippen LogP contribution in [0.4, 0.5) is 0 Å². The van der Waals surface area contributed by atoms with Crippen LogP contribution in [0.5, 0.6) is 0 Å². The zero-order chi connectivity index (χ0) is 37.6. The van der Waals surface area contributed by atoms with Crippen LogP contribution in [-0.2, 0) is 34.1 Å². The van der Waals surface area contributed by atoms with Crippen molar-refractivity contribution in [3.63, 3.8) is 0 Å². The largest absolute Gasteiger partial charge is 0.368 e. The molecule has 280 valence electrons. The maximum absolute atomic E-state index is 13.1. The molecule has 4 aliphatic rings. The third-order valence-corrected chi connectivity index (χ3v) is 10.2. The van der Waals surface area contributed by atoms with Crippen molar-refractivity contribution >= 4 is 35.2 Å². The molecular weight excluding hydrogens is 664 g/mol. The molecule has 12 heteroatoms. The van der Waals surface area contributed by atoms with Crippen molar-refractivity contribution in [2.45, 2.75) is 115 Å². The van der Waals surface area contributed by atoms with Gasteiger partial charge in [-0.1, -0.05) is 77.8 Å². The highest BCUT2D eigenvalue weighted by atomic mass is 16.5. The van der Waals surface area contributed by atoms with Crippen LogP contribution in [0.15, 0.2) is 54.6 Å². The Balaban J connectivity index is 0.000000203. The molecule has 2 N–H and O–H groups in total. The highest BCUT2D eigenvalue weighted by molar-refractivity contribution is 6.00. The molecule has 52 heavy (non-hydrogen) atoms. The van der Waals surface area contributed by atoms with Gasteiger partial charge in [-0.15, -0.1) is 0 Å². The summed E-state index contributed by atoms with van der Waals surface area (Å²) in [5.41, 5.74) is 2.21. The monoisotopic (exact) mass is 716 g/mol. The number of likely N-dealkylation sites (tertiary alicyclic amines) is 2. The molecule has 4 aliphatic heterocycles. The van der Waals surface area contributed by atoms with Crippen molar-refractivity contribution in [3.8, 4) is 0 Å². The number of benzene rings is 2. The fraction of sp³-hybridized carbons (Fsp3) is 0.550. The first kappa shape index (κ1) is 38.8. The molecule has 6 rings (SSSR count). The number of ether oxygens (including phenoxy) is 2. The summed E-state index contributed by atoms with van der Waals surface area (Å²) >= 11 is 0. The predicted octanol–water partition coefficient (Wildman–Crippen LogP) is 3.61. The van der Waals surface area contributed by atoms with Gasteiger partial charge in [-0.25, -0.2) is 0 Å². The van der Waals surface area contributed by atoms with Gasteiger partial charge in [0.05, 0.1) is 12.2 Å². The maximum Gasteiger partial charge on any atom is 0.251 e. The topological polar surface area (TPSA) is 151 Å². The number of fused-ring (bicyclic) bond motifs is 2. The van der Waals surface area contributed by atoms with Gasteiger partial charge in [0.15, 0.2) is 11.6 Å². The van der Waals surface area contributed by atoms with E-state index in [2.05, 4.69) is 31.4 Å². The molecule has 0 saturated carbocycles. The average Bonchev–Trinajstić information content (AvgIpc) is 3.92. The van der Waals surface area contributed by atoms with Gasteiger partial charge >= 0.3 is 0 Å². The van der Waals surface area contributed by atoms with Gasteiger partial charge in [0.2, 0.25) is 11.8 Å². The van der Waals surface area contributed by atoms with Crippen molar-refractivity contribution in [1.29, 1.82) is 0 Å². The number of carbonyl (C=O) groups excluding carboxylic acids is 6. The zero-order valence-corrected chi connectivity index (χ0v) is 30.9. The van der Waals surface area contributed by atoms with Crippen LogP contribution in [0.3, 0.4) is 0 Å². The molecule has 2 aromatic rings. The fourth-order valence-electron chi connectivity index (χ4n) is 7.37. The Kier molecular flexibility index (Phi) is 12.6. The highest BCUT2D eigenvalue weighted by Crippen LogP contribution is 2.29. The molecule has 0 spiro atoms. The molecule has 4 heterocycles. The van der Waals surface area contributed by atoms with Crippen molar-refractivity contribution in [3.05, 3.63) is 71.3 Å². The number of nitrogens with zero attached hydrogens (tertiary/aromatic N) is 2. The molecule has 4 fully saturated rings. The minimum atomic E-state index is -0.632. The first-order valence-electron chi connectivity index (χ1n) is 18.5. The van der Waals surface area contributed by atoms with E-state index >= 15 is 0 Å². The van der Waals surface area contributed by atoms with Gasteiger partial charge in [0.1, 0.15) is 37.4 Å². The number of nitrogens with one attached hydrogen (secondary N) is 2. The summed E-state index contributed by atoms with van der Waals surface area (Å²) in [6, 6.07) is 14.1. The van der Waals surface area contributed by atoms with E-state index in [4.69, 9.17) is 9.47 Å². The number of carbonyl (C=O) groups is 6. The Morgan fingerprint density at radius 2 is 1.12 bits per heavy atom. The van der Waals surface area contributed by atoms with Crippen LogP contribution in [-0.4, -0.2) is 108 Å². The Morgan fingerprint density at radius 1 is 0.692 bits per heavy atom. The van der Waals surface area contributed by atoms with E-state index in [9.17, 15) is 28.8 Å². The van der Waals surface area contributed by atoms with Crippen molar-refractivity contribution in [2.24, 2.45) is 0 Å². The molecular formula is C40H52N4O8. The summed E-state index contributed by atoms with van der Waals surface area (Å²) in [5.74, 6) is -1.00. The van der Waals surface area contributed by atoms with E-state index in [1.54, 1.807) is 46.2 Å². The van der Waals surface area contributed by atoms with Gasteiger partial charge in [0, 0.05) is 24.2 Å². The van der Waals surface area contributed by atoms with Crippen LogP contribution >= 0.6 is 0 Å². The number of Topliss-reactive ketones (excluding diaryl/α,β-unsaturated/α-hetero) is 2. The Morgan fingerprint density at radius 3 is 1.52 bits per heavy atom. The van der Waals surface area contributed by atoms with Gasteiger partial charge in [-0.3, -0.25) is 28.8 Å². The number of hydrogen-bond acceptors (Lipinski definition) is 8. The standard InChI is InChI=1S/C22H30N2O4.C18H22N2O4/c1-5-6-16(21(27)24-12-11-18-19(24)17(25)13-28-18)23-20(26)14-7-9-15(10-8-14)22(2,3)4;1-2-6-13(19-17(22)12-7-4-3-5-8-12)18(23)20-10-9-15-16(20)14(21)11-24-15/h7-10,16,18-19H,5-6,11-13H2,1-4H3,(H,23,26);3-5,7-8,13,15-16H,2,6,9-11H2,1H3,(H,19,22). The number of amides is 4. The minimum absolute atomic E-state index is 0.0118. The third-order valence-electron chi connectivity index (χ3n) is 10.2. The second-order valence-corrected chi connectivity index (χ2v) is 15.0. The molecule has 4 saturated heterocycles. The lowest BCUT2D eigenvalue weighted by Gasteiger charge is -2.27. The highest BCUT2D eigenvalue weighted by Gasteiger charge is 2.49. The predicted molar refractivity (Wildman–Crippen MR) is 194 cm³/mol. The first-order valence-corrected chi connectivity index (χ1v) is 18.5. The van der Waals surface area contributed by atoms with Crippen LogP contribution in [0.2, 0.25) is 0 Å². The summed E-state index contributed by atoms with van der Waals surface area (Å²) in [5, 5.41) is 5.70. The van der Waals surface area contributed by atoms with E-state index in [0.29, 0.717) is 49.9 Å². The van der Waals surface area contributed by atoms with Gasteiger partial charge in [-0.2, -0.15) is 0 Å². The lowest BCUT2D eigenvalue weighted by atomic mass is 9.86. The smallest absolute Gasteiger partial charge is 0.251 e. The second-order valence-electron chi connectivity index (χ2n) is 15.0. The SMILES string of the molecule is CCCC(NC(=O)c1ccc(C(C)(C)C)cc1)C(=O)N1CCC2OCC(=O)C21.CCCC(NC(=O)c1ccccc1)C(=O)N1CCC2OCC(=O)C21. The molecule has 12 nitrogen and oxygen atoms in total. The molecule has 0 radical (unpaired) electrons. The lowest BCUT2D eigenvalue weighted by Crippen LogP contribution is -2.52. The number of rotatable bonds is 10. The first-order chi connectivity index (χ1) is 24.8. The third kappa shape index (κ3) is 8.78. The van der Waals surface area contributed by atoms with E-state index in [-0.39, 0.29) is 66.0 Å². The van der Waals surface area contributed by atoms with Crippen LogP contribution in [0.25, 0.3) is 0 Å². The summed E-state index contributed by atoms with van der Waals surface area (Å²) in [4.78, 5) is 78.3. The Labute approximate surface area is 306 Å². The molecule has 4 amide bonds. The summed E-state index contributed by atoms with van der Waals surface area (Å²) in [6.07, 6.45) is 3.56. The second kappa shape index (κ2) is 16.9. The molecule has 6 atom stereocenters. The number of hydrogen-bond donors (Lipinski definition) is 2. The summed E-state index contributed by atoms with van der Waals surface area (Å²) in [6.45, 7) is 11.4. The molecule has 0 aromatic heterocycles. The van der Waals surface area contributed by atoms with Crippen LogP contribution < -0.4 is 10.6 Å². The van der Waals surface area contributed by atoms with Crippen molar-refractivity contribution in [1.82, 2.24) is 20.4 Å². The zero-order valence-electron chi connectivity index (χ0n) is 30.9. The molecule has 0 bridgehead atoms. The van der Waals surface area contributed by atoms with E-state index < -0.39 is 24.2 Å². The fourth-order valence-corrected chi connectivity index (χ4v) is 7.37. The van der Waals surface area contributed by atoms with E-state index in [0.717, 1.165) is 18.4 Å². The Bertz CT molecular complexity index is 1620. The Hall–Kier alpha value is -4.42. The van der Waals surface area contributed by atoms with Crippen LogP contribution in [0.1, 0.15) is 99.4 Å². The van der Waals surface area contributed by atoms with Gasteiger partial charge in [0.25, 0.3) is 11.8 Å². The van der Waals surface area contributed by atoms with Gasteiger partial charge < -0.3 is 29.9 Å². The van der Waals surface area contributed by atoms with E-state index in [1.165, 1.54) is 0 Å². The molecule has 0 aliphatic carbocycles. The lowest BCUT2D eigenvalue weighted by molar-refractivity contribution is -0.138. The van der Waals surface area contributed by atoms with E-state index in [1.807, 2.05) is 32.0 Å². The van der Waals surface area contributed by atoms with Crippen LogP contribution in [0, 0.1) is 0 Å². The van der Waals surface area contributed by atoms with Crippen molar-refractivity contribution < 1.29 is 38.2 Å². The summed E-state index contributed by atoms with van der Waals surface area (Å²) < 4.78 is 10.9.